The molecule has 4 unspecified atom stereocenters. The van der Waals surface area contributed by atoms with E-state index >= 15 is 0 Å². The molecule has 1 aliphatic heterocycles. The first-order valence-corrected chi connectivity index (χ1v) is 8.55. The smallest absolute Gasteiger partial charge is 0.322 e. The van der Waals surface area contributed by atoms with Crippen LogP contribution in [0.25, 0.3) is 0 Å². The molecule has 4 atom stereocenters. The highest BCUT2D eigenvalue weighted by Gasteiger charge is 2.54. The molecule has 0 fully saturated rings. The van der Waals surface area contributed by atoms with Gasteiger partial charge in [0.15, 0.2) is 0 Å². The monoisotopic (exact) mass is 340 g/mol. The zero-order chi connectivity index (χ0) is 17.4. The summed E-state index contributed by atoms with van der Waals surface area (Å²) in [7, 11) is 0. The molecule has 0 aromatic heterocycles. The van der Waals surface area contributed by atoms with Crippen LogP contribution in [0.15, 0.2) is 22.6 Å². The molecule has 128 valence electrons. The maximum absolute atomic E-state index is 12.0. The van der Waals surface area contributed by atoms with Gasteiger partial charge in [-0.05, 0) is 32.3 Å². The topological polar surface area (TPSA) is 113 Å². The van der Waals surface area contributed by atoms with Crippen molar-refractivity contribution in [2.24, 2.45) is 11.1 Å². The van der Waals surface area contributed by atoms with E-state index in [9.17, 15) is 19.8 Å². The summed E-state index contributed by atoms with van der Waals surface area (Å²) in [4.78, 5) is 24.4. The molecular formula is C16H24N2O4S. The fourth-order valence-corrected chi connectivity index (χ4v) is 4.55. The van der Waals surface area contributed by atoms with Crippen molar-refractivity contribution in [3.8, 4) is 0 Å². The highest BCUT2D eigenvalue weighted by atomic mass is 32.2. The van der Waals surface area contributed by atoms with E-state index in [2.05, 4.69) is 5.32 Å². The first kappa shape index (κ1) is 18.0. The number of carbonyl (C=O) groups is 2. The summed E-state index contributed by atoms with van der Waals surface area (Å²) < 4.78 is -1.02. The summed E-state index contributed by atoms with van der Waals surface area (Å²) >= 11 is 1.32. The molecular weight excluding hydrogens is 316 g/mol. The third kappa shape index (κ3) is 3.05. The Hall–Kier alpha value is -1.31. The second kappa shape index (κ2) is 6.30. The van der Waals surface area contributed by atoms with Crippen LogP contribution in [0.2, 0.25) is 0 Å². The van der Waals surface area contributed by atoms with E-state index in [1.54, 1.807) is 19.1 Å². The van der Waals surface area contributed by atoms with E-state index in [1.807, 2.05) is 13.8 Å². The van der Waals surface area contributed by atoms with Crippen LogP contribution in [0.4, 0.5) is 0 Å². The van der Waals surface area contributed by atoms with Gasteiger partial charge in [0.2, 0.25) is 0 Å². The van der Waals surface area contributed by atoms with Crippen molar-refractivity contribution in [1.29, 1.82) is 0 Å². The normalized spacial score (nSPS) is 34.3. The minimum Gasteiger partial charge on any atom is -0.481 e. The van der Waals surface area contributed by atoms with Gasteiger partial charge in [-0.15, -0.1) is 11.8 Å². The molecule has 0 bridgehead atoms. The van der Waals surface area contributed by atoms with E-state index < -0.39 is 28.1 Å². The van der Waals surface area contributed by atoms with Crippen LogP contribution in [-0.2, 0) is 9.59 Å². The zero-order valence-corrected chi connectivity index (χ0v) is 14.4. The molecule has 0 aromatic rings. The Balaban J connectivity index is 2.40. The minimum atomic E-state index is -1.02. The predicted molar refractivity (Wildman–Crippen MR) is 90.2 cm³/mol. The highest BCUT2D eigenvalue weighted by molar-refractivity contribution is 8.05. The lowest BCUT2D eigenvalue weighted by Crippen LogP contribution is -2.54. The Morgan fingerprint density at radius 3 is 2.61 bits per heavy atom. The van der Waals surface area contributed by atoms with Crippen LogP contribution in [0.3, 0.4) is 0 Å². The number of hydrogen-bond donors (Lipinski definition) is 4. The summed E-state index contributed by atoms with van der Waals surface area (Å²) in [6, 6.07) is -0.530. The van der Waals surface area contributed by atoms with E-state index in [0.717, 1.165) is 10.5 Å². The summed E-state index contributed by atoms with van der Waals surface area (Å²) in [6.45, 7) is 5.83. The first-order chi connectivity index (χ1) is 10.7. The van der Waals surface area contributed by atoms with Crippen molar-refractivity contribution < 1.29 is 19.8 Å². The van der Waals surface area contributed by atoms with Gasteiger partial charge in [-0.25, -0.2) is 0 Å². The van der Waals surface area contributed by atoms with E-state index in [0.29, 0.717) is 19.4 Å². The van der Waals surface area contributed by atoms with Gasteiger partial charge < -0.3 is 21.3 Å². The number of allylic oxidation sites excluding steroid dienone is 1. The average Bonchev–Trinajstić information content (AvgIpc) is 2.78. The van der Waals surface area contributed by atoms with Crippen molar-refractivity contribution in [3.63, 3.8) is 0 Å². The van der Waals surface area contributed by atoms with E-state index in [1.165, 1.54) is 11.8 Å². The molecule has 23 heavy (non-hydrogen) atoms. The van der Waals surface area contributed by atoms with Crippen LogP contribution in [-0.4, -0.2) is 45.5 Å². The van der Waals surface area contributed by atoms with Gasteiger partial charge in [0.1, 0.15) is 4.75 Å². The number of rotatable bonds is 6. The van der Waals surface area contributed by atoms with E-state index in [-0.39, 0.29) is 6.04 Å². The molecule has 0 spiro atoms. The fourth-order valence-electron chi connectivity index (χ4n) is 3.12. The molecule has 1 aliphatic carbocycles. The van der Waals surface area contributed by atoms with Gasteiger partial charge in [-0.2, -0.15) is 0 Å². The van der Waals surface area contributed by atoms with Crippen molar-refractivity contribution in [2.45, 2.75) is 50.4 Å². The van der Waals surface area contributed by atoms with Gasteiger partial charge in [-0.1, -0.05) is 19.1 Å². The summed E-state index contributed by atoms with van der Waals surface area (Å²) in [5.41, 5.74) is 5.67. The SMILES string of the molecule is CCC1(C(=O)O)SC2=C(CC(C)(C(=O)O)C=C2)C1NCC(C)N. The predicted octanol–water partition coefficient (Wildman–Crippen LogP) is 1.58. The molecule has 1 heterocycles. The second-order valence-corrected chi connectivity index (χ2v) is 7.96. The number of carboxylic acid groups (broad SMARTS) is 2. The summed E-state index contributed by atoms with van der Waals surface area (Å²) in [5.74, 6) is -1.78. The lowest BCUT2D eigenvalue weighted by molar-refractivity contribution is -0.145. The lowest BCUT2D eigenvalue weighted by atomic mass is 9.75. The number of aliphatic carboxylic acids is 2. The number of carboxylic acids is 2. The molecule has 5 N–H and O–H groups in total. The number of nitrogens with one attached hydrogen (secondary N) is 1. The molecule has 0 saturated carbocycles. The van der Waals surface area contributed by atoms with Crippen molar-refractivity contribution in [3.05, 3.63) is 22.6 Å². The molecule has 2 aliphatic rings. The summed E-state index contributed by atoms with van der Waals surface area (Å²) in [6.07, 6.45) is 4.18. The van der Waals surface area contributed by atoms with Crippen LogP contribution >= 0.6 is 11.8 Å². The van der Waals surface area contributed by atoms with E-state index in [4.69, 9.17) is 5.73 Å². The molecule has 2 rings (SSSR count). The standard InChI is InChI=1S/C16H24N2O4S/c1-4-16(14(21)22)12(18-8-9(2)17)10-7-15(3,13(19)20)6-5-11(10)23-16/h5-6,9,12,18H,4,7-8,17H2,1-3H3,(H,19,20)(H,21,22). The van der Waals surface area contributed by atoms with Gasteiger partial charge in [0.25, 0.3) is 0 Å². The molecule has 0 saturated heterocycles. The zero-order valence-electron chi connectivity index (χ0n) is 13.6. The van der Waals surface area contributed by atoms with Crippen LogP contribution in [0, 0.1) is 5.41 Å². The molecule has 6 nitrogen and oxygen atoms in total. The Kier molecular flexibility index (Phi) is 4.94. The van der Waals surface area contributed by atoms with Crippen LogP contribution in [0.5, 0.6) is 0 Å². The minimum absolute atomic E-state index is 0.113. The maximum Gasteiger partial charge on any atom is 0.322 e. The molecule has 0 amide bonds. The number of nitrogens with two attached hydrogens (primary N) is 1. The molecule has 0 aromatic carbocycles. The molecule has 0 radical (unpaired) electrons. The number of hydrogen-bond acceptors (Lipinski definition) is 5. The fraction of sp³-hybridized carbons (Fsp3) is 0.625. The Bertz CT molecular complexity index is 587. The van der Waals surface area contributed by atoms with Gasteiger partial charge in [0, 0.05) is 17.5 Å². The van der Waals surface area contributed by atoms with Gasteiger partial charge >= 0.3 is 11.9 Å². The Labute approximate surface area is 140 Å². The highest BCUT2D eigenvalue weighted by Crippen LogP contribution is 2.54. The third-order valence-corrected chi connectivity index (χ3v) is 6.28. The van der Waals surface area contributed by atoms with Crippen molar-refractivity contribution in [2.75, 3.05) is 6.54 Å². The van der Waals surface area contributed by atoms with Gasteiger partial charge in [0.05, 0.1) is 11.5 Å². The summed E-state index contributed by atoms with van der Waals surface area (Å²) in [5, 5.41) is 22.6. The maximum atomic E-state index is 12.0. The largest absolute Gasteiger partial charge is 0.481 e. The van der Waals surface area contributed by atoms with Crippen LogP contribution in [0.1, 0.15) is 33.6 Å². The Morgan fingerprint density at radius 1 is 1.48 bits per heavy atom. The van der Waals surface area contributed by atoms with Crippen molar-refractivity contribution in [1.82, 2.24) is 5.32 Å². The van der Waals surface area contributed by atoms with Crippen LogP contribution < -0.4 is 11.1 Å². The molecule has 7 heteroatoms. The average molecular weight is 340 g/mol. The lowest BCUT2D eigenvalue weighted by Gasteiger charge is -2.34. The van der Waals surface area contributed by atoms with Gasteiger partial charge in [-0.3, -0.25) is 9.59 Å². The third-order valence-electron chi connectivity index (χ3n) is 4.60. The Morgan fingerprint density at radius 2 is 2.13 bits per heavy atom. The number of thioether (sulfide) groups is 1. The van der Waals surface area contributed by atoms with Crippen molar-refractivity contribution >= 4 is 23.7 Å². The second-order valence-electron chi connectivity index (χ2n) is 6.59. The first-order valence-electron chi connectivity index (χ1n) is 7.73. The quantitative estimate of drug-likeness (QED) is 0.580.